The van der Waals surface area contributed by atoms with E-state index in [1.807, 2.05) is 24.3 Å². The minimum Gasteiger partial charge on any atom is -0.317 e. The number of fused-ring (bicyclic) bond motifs is 1. The van der Waals surface area contributed by atoms with Gasteiger partial charge in [-0.2, -0.15) is 0 Å². The van der Waals surface area contributed by atoms with Gasteiger partial charge in [-0.3, -0.25) is 15.2 Å². The molecule has 0 atom stereocenters. The lowest BCUT2D eigenvalue weighted by molar-refractivity contribution is 0.460. The Morgan fingerprint density at radius 2 is 1.88 bits per heavy atom. The van der Waals surface area contributed by atoms with Crippen molar-refractivity contribution in [3.63, 3.8) is 0 Å². The maximum Gasteiger partial charge on any atom is 0.278 e. The first-order valence-electron chi connectivity index (χ1n) is 8.34. The molecule has 4 rings (SSSR count). The van der Waals surface area contributed by atoms with Gasteiger partial charge in [-0.05, 0) is 67.1 Å². The number of benzene rings is 1. The Labute approximate surface area is 140 Å². The van der Waals surface area contributed by atoms with Crippen molar-refractivity contribution in [2.75, 3.05) is 18.5 Å². The summed E-state index contributed by atoms with van der Waals surface area (Å²) in [4.78, 5) is 16.5. The Hall–Kier alpha value is -2.66. The Kier molecular flexibility index (Phi) is 4.01. The second-order valence-electron chi connectivity index (χ2n) is 6.21. The van der Waals surface area contributed by atoms with Gasteiger partial charge in [0.15, 0.2) is 0 Å². The van der Waals surface area contributed by atoms with Crippen molar-refractivity contribution in [2.24, 2.45) is 0 Å². The van der Waals surface area contributed by atoms with E-state index < -0.39 is 0 Å². The van der Waals surface area contributed by atoms with E-state index in [4.69, 9.17) is 0 Å². The van der Waals surface area contributed by atoms with Gasteiger partial charge in [0.05, 0.1) is 11.1 Å². The predicted octanol–water partition coefficient (Wildman–Crippen LogP) is 2.74. The number of nitrogens with zero attached hydrogens (tertiary/aromatic N) is 2. The third-order valence-electron chi connectivity index (χ3n) is 4.68. The smallest absolute Gasteiger partial charge is 0.278 e. The van der Waals surface area contributed by atoms with Gasteiger partial charge in [-0.15, -0.1) is 0 Å². The first kappa shape index (κ1) is 14.9. The topological polar surface area (TPSA) is 59.0 Å². The summed E-state index contributed by atoms with van der Waals surface area (Å²) < 4.78 is 1.50. The first-order valence-corrected chi connectivity index (χ1v) is 8.34. The van der Waals surface area contributed by atoms with Crippen molar-refractivity contribution < 1.29 is 0 Å². The molecular formula is C19H20N4O. The van der Waals surface area contributed by atoms with Crippen LogP contribution in [-0.2, 0) is 0 Å². The molecule has 0 spiro atoms. The molecular weight excluding hydrogens is 300 g/mol. The molecule has 0 unspecified atom stereocenters. The highest BCUT2D eigenvalue weighted by Crippen LogP contribution is 2.26. The van der Waals surface area contributed by atoms with Crippen LogP contribution in [0, 0.1) is 0 Å². The lowest BCUT2D eigenvalue weighted by Crippen LogP contribution is -2.27. The van der Waals surface area contributed by atoms with E-state index in [-0.39, 0.29) is 5.56 Å². The molecule has 122 valence electrons. The van der Waals surface area contributed by atoms with E-state index in [1.165, 1.54) is 23.1 Å². The van der Waals surface area contributed by atoms with Crippen LogP contribution in [0.1, 0.15) is 24.3 Å². The second-order valence-corrected chi connectivity index (χ2v) is 6.21. The summed E-state index contributed by atoms with van der Waals surface area (Å²) >= 11 is 0. The molecule has 3 aromatic rings. The van der Waals surface area contributed by atoms with Crippen molar-refractivity contribution in [1.29, 1.82) is 0 Å². The van der Waals surface area contributed by atoms with E-state index in [1.54, 1.807) is 18.6 Å². The monoisotopic (exact) mass is 320 g/mol. The number of piperidine rings is 1. The number of aromatic nitrogens is 2. The largest absolute Gasteiger partial charge is 0.317 e. The molecule has 0 radical (unpaired) electrons. The summed E-state index contributed by atoms with van der Waals surface area (Å²) in [7, 11) is 0. The minimum absolute atomic E-state index is 0.0944. The van der Waals surface area contributed by atoms with Crippen LogP contribution in [0.25, 0.3) is 10.8 Å². The summed E-state index contributed by atoms with van der Waals surface area (Å²) in [6.07, 6.45) is 7.42. The standard InChI is InChI=1S/C19H20N4O/c24-19-18-13-21-11-7-16(18)8-12-23(19)22-17-3-1-14(2-4-17)15-5-9-20-10-6-15/h1-4,7-8,11-13,15,20,22H,5-6,9-10H2. The van der Waals surface area contributed by atoms with Gasteiger partial charge in [-0.1, -0.05) is 12.1 Å². The maximum atomic E-state index is 12.5. The van der Waals surface area contributed by atoms with Gasteiger partial charge in [0.1, 0.15) is 0 Å². The van der Waals surface area contributed by atoms with E-state index in [0.29, 0.717) is 11.3 Å². The van der Waals surface area contributed by atoms with Crippen LogP contribution in [0.3, 0.4) is 0 Å². The molecule has 1 aliphatic heterocycles. The molecule has 5 heteroatoms. The fourth-order valence-electron chi connectivity index (χ4n) is 3.29. The first-order chi connectivity index (χ1) is 11.8. The van der Waals surface area contributed by atoms with E-state index in [2.05, 4.69) is 27.9 Å². The average Bonchev–Trinajstić information content (AvgIpc) is 2.66. The van der Waals surface area contributed by atoms with Crippen molar-refractivity contribution in [2.45, 2.75) is 18.8 Å². The number of anilines is 1. The molecule has 0 saturated carbocycles. The number of nitrogens with one attached hydrogen (secondary N) is 2. The second kappa shape index (κ2) is 6.45. The van der Waals surface area contributed by atoms with Gasteiger partial charge in [0, 0.05) is 18.6 Å². The number of hydrogen-bond acceptors (Lipinski definition) is 4. The van der Waals surface area contributed by atoms with Crippen LogP contribution in [0.2, 0.25) is 0 Å². The van der Waals surface area contributed by atoms with Crippen LogP contribution in [-0.4, -0.2) is 22.7 Å². The molecule has 1 aromatic carbocycles. The zero-order valence-corrected chi connectivity index (χ0v) is 13.4. The average molecular weight is 320 g/mol. The molecule has 24 heavy (non-hydrogen) atoms. The maximum absolute atomic E-state index is 12.5. The highest BCUT2D eigenvalue weighted by molar-refractivity contribution is 5.80. The number of hydrogen-bond donors (Lipinski definition) is 2. The molecule has 1 fully saturated rings. The van der Waals surface area contributed by atoms with Gasteiger partial charge in [-0.25, -0.2) is 4.68 Å². The zero-order valence-electron chi connectivity index (χ0n) is 13.4. The normalized spacial score (nSPS) is 15.5. The third kappa shape index (κ3) is 2.90. The molecule has 1 saturated heterocycles. The quantitative estimate of drug-likeness (QED) is 0.779. The molecule has 0 aliphatic carbocycles. The Morgan fingerprint density at radius 3 is 2.67 bits per heavy atom. The van der Waals surface area contributed by atoms with Gasteiger partial charge in [0.2, 0.25) is 0 Å². The Bertz CT molecular complexity index is 895. The highest BCUT2D eigenvalue weighted by atomic mass is 16.1. The van der Waals surface area contributed by atoms with Crippen LogP contribution in [0.5, 0.6) is 0 Å². The molecule has 2 N–H and O–H groups in total. The summed E-state index contributed by atoms with van der Waals surface area (Å²) in [6.45, 7) is 2.18. The molecule has 5 nitrogen and oxygen atoms in total. The van der Waals surface area contributed by atoms with Crippen LogP contribution >= 0.6 is 0 Å². The Morgan fingerprint density at radius 1 is 1.08 bits per heavy atom. The summed E-state index contributed by atoms with van der Waals surface area (Å²) in [5, 5.41) is 4.90. The molecule has 1 aliphatic rings. The van der Waals surface area contributed by atoms with Gasteiger partial charge < -0.3 is 5.32 Å². The Balaban J connectivity index is 1.57. The molecule has 0 amide bonds. The van der Waals surface area contributed by atoms with Crippen molar-refractivity contribution in [3.8, 4) is 0 Å². The number of pyridine rings is 2. The third-order valence-corrected chi connectivity index (χ3v) is 4.68. The van der Waals surface area contributed by atoms with Crippen LogP contribution in [0.4, 0.5) is 5.69 Å². The zero-order chi connectivity index (χ0) is 16.4. The summed E-state index contributed by atoms with van der Waals surface area (Å²) in [5.74, 6) is 0.634. The molecule has 3 heterocycles. The van der Waals surface area contributed by atoms with Crippen LogP contribution < -0.4 is 16.3 Å². The lowest BCUT2D eigenvalue weighted by Gasteiger charge is -2.23. The predicted molar refractivity (Wildman–Crippen MR) is 96.3 cm³/mol. The minimum atomic E-state index is -0.0944. The molecule has 2 aromatic heterocycles. The van der Waals surface area contributed by atoms with Crippen LogP contribution in [0.15, 0.2) is 59.8 Å². The van der Waals surface area contributed by atoms with Crippen molar-refractivity contribution in [3.05, 3.63) is 70.9 Å². The van der Waals surface area contributed by atoms with Crippen molar-refractivity contribution >= 4 is 16.5 Å². The fraction of sp³-hybridized carbons (Fsp3) is 0.263. The van der Waals surface area contributed by atoms with E-state index in [9.17, 15) is 4.79 Å². The van der Waals surface area contributed by atoms with Gasteiger partial charge in [0.25, 0.3) is 5.56 Å². The van der Waals surface area contributed by atoms with E-state index in [0.717, 1.165) is 24.2 Å². The highest BCUT2D eigenvalue weighted by Gasteiger charge is 2.14. The van der Waals surface area contributed by atoms with Crippen molar-refractivity contribution in [1.82, 2.24) is 15.0 Å². The van der Waals surface area contributed by atoms with E-state index >= 15 is 0 Å². The summed E-state index contributed by atoms with van der Waals surface area (Å²) in [6, 6.07) is 12.1. The summed E-state index contributed by atoms with van der Waals surface area (Å²) in [5.41, 5.74) is 5.34. The SMILES string of the molecule is O=c1c2cnccc2ccn1Nc1ccc(C2CCNCC2)cc1. The number of rotatable bonds is 3. The fourth-order valence-corrected chi connectivity index (χ4v) is 3.29. The molecule has 0 bridgehead atoms. The van der Waals surface area contributed by atoms with Gasteiger partial charge >= 0.3 is 0 Å². The lowest BCUT2D eigenvalue weighted by atomic mass is 9.90.